The van der Waals surface area contributed by atoms with Crippen LogP contribution >= 0.6 is 0 Å². The van der Waals surface area contributed by atoms with Crippen molar-refractivity contribution in [3.8, 4) is 0 Å². The number of hydrogen-bond donors (Lipinski definition) is 1. The molecule has 4 rings (SSSR count). The Morgan fingerprint density at radius 2 is 1.81 bits per heavy atom. The maximum absolute atomic E-state index is 13.6. The Kier molecular flexibility index (Phi) is 6.46. The molecule has 0 unspecified atom stereocenters. The largest absolute Gasteiger partial charge is 0.459 e. The van der Waals surface area contributed by atoms with Crippen LogP contribution in [0.25, 0.3) is 0 Å². The number of nitrogens with one attached hydrogen (secondary N) is 1. The van der Waals surface area contributed by atoms with Crippen molar-refractivity contribution in [2.24, 2.45) is 0 Å². The zero-order chi connectivity index (χ0) is 21.6. The third kappa shape index (κ3) is 4.68. The van der Waals surface area contributed by atoms with Crippen molar-refractivity contribution in [3.05, 3.63) is 84.1 Å². The fourth-order valence-electron chi connectivity index (χ4n) is 4.11. The van der Waals surface area contributed by atoms with Crippen molar-refractivity contribution in [3.63, 3.8) is 0 Å². The van der Waals surface area contributed by atoms with Crippen LogP contribution in [0.4, 0.5) is 5.69 Å². The van der Waals surface area contributed by atoms with Gasteiger partial charge in [0.1, 0.15) is 6.04 Å². The van der Waals surface area contributed by atoms with Gasteiger partial charge in [0.15, 0.2) is 5.76 Å². The first-order chi connectivity index (χ1) is 15.2. The molecule has 0 bridgehead atoms. The minimum absolute atomic E-state index is 0.139. The summed E-state index contributed by atoms with van der Waals surface area (Å²) in [5, 5.41) is 3.17. The number of carbonyl (C=O) groups excluding carboxylic acids is 2. The van der Waals surface area contributed by atoms with Gasteiger partial charge in [-0.05, 0) is 66.8 Å². The van der Waals surface area contributed by atoms with Crippen LogP contribution in [0.2, 0.25) is 0 Å². The summed E-state index contributed by atoms with van der Waals surface area (Å²) in [6.07, 6.45) is 9.78. The zero-order valence-corrected chi connectivity index (χ0v) is 17.7. The number of amides is 2. The van der Waals surface area contributed by atoms with Crippen LogP contribution in [0, 0.1) is 0 Å². The lowest BCUT2D eigenvalue weighted by molar-refractivity contribution is -0.123. The predicted molar refractivity (Wildman–Crippen MR) is 119 cm³/mol. The number of benzene rings is 1. The van der Waals surface area contributed by atoms with Crippen LogP contribution < -0.4 is 10.2 Å². The highest BCUT2D eigenvalue weighted by molar-refractivity contribution is 6.08. The van der Waals surface area contributed by atoms with Crippen molar-refractivity contribution < 1.29 is 14.0 Å². The molecular weight excluding hydrogens is 390 g/mol. The van der Waals surface area contributed by atoms with Crippen molar-refractivity contribution in [2.75, 3.05) is 4.90 Å². The van der Waals surface area contributed by atoms with Gasteiger partial charge in [-0.2, -0.15) is 0 Å². The first-order valence-corrected chi connectivity index (χ1v) is 10.8. The maximum atomic E-state index is 13.6. The number of carbonyl (C=O) groups is 2. The van der Waals surface area contributed by atoms with Crippen molar-refractivity contribution in [1.29, 1.82) is 0 Å². The Labute approximate surface area is 182 Å². The van der Waals surface area contributed by atoms with E-state index in [1.807, 2.05) is 24.3 Å². The van der Waals surface area contributed by atoms with Gasteiger partial charge in [-0.25, -0.2) is 0 Å². The van der Waals surface area contributed by atoms with Gasteiger partial charge in [0, 0.05) is 24.1 Å². The number of anilines is 1. The van der Waals surface area contributed by atoms with Gasteiger partial charge < -0.3 is 9.73 Å². The summed E-state index contributed by atoms with van der Waals surface area (Å²) in [6, 6.07) is 13.9. The second kappa shape index (κ2) is 9.60. The Morgan fingerprint density at radius 1 is 1.10 bits per heavy atom. The van der Waals surface area contributed by atoms with E-state index in [0.29, 0.717) is 11.3 Å². The molecule has 3 aromatic rings. The van der Waals surface area contributed by atoms with Gasteiger partial charge >= 0.3 is 0 Å². The fourth-order valence-corrected chi connectivity index (χ4v) is 4.11. The molecule has 6 nitrogen and oxygen atoms in total. The molecule has 1 saturated carbocycles. The van der Waals surface area contributed by atoms with E-state index in [9.17, 15) is 9.59 Å². The number of aryl methyl sites for hydroxylation is 1. The van der Waals surface area contributed by atoms with Crippen molar-refractivity contribution >= 4 is 17.5 Å². The van der Waals surface area contributed by atoms with Crippen LogP contribution in [0.15, 0.2) is 71.6 Å². The summed E-state index contributed by atoms with van der Waals surface area (Å²) < 4.78 is 5.41. The Bertz CT molecular complexity index is 994. The lowest BCUT2D eigenvalue weighted by atomic mass is 10.0. The summed E-state index contributed by atoms with van der Waals surface area (Å²) in [4.78, 5) is 32.7. The third-order valence-corrected chi connectivity index (χ3v) is 5.80. The van der Waals surface area contributed by atoms with Crippen molar-refractivity contribution in [1.82, 2.24) is 10.3 Å². The summed E-state index contributed by atoms with van der Waals surface area (Å²) in [5.74, 6) is -0.373. The lowest BCUT2D eigenvalue weighted by Gasteiger charge is -2.31. The monoisotopic (exact) mass is 417 g/mol. The van der Waals surface area contributed by atoms with Crippen LogP contribution in [-0.4, -0.2) is 22.8 Å². The fraction of sp³-hybridized carbons (Fsp3) is 0.320. The molecule has 2 aromatic heterocycles. The van der Waals surface area contributed by atoms with Gasteiger partial charge in [0.2, 0.25) is 5.91 Å². The molecule has 0 saturated heterocycles. The summed E-state index contributed by atoms with van der Waals surface area (Å²) in [5.41, 5.74) is 2.50. The number of furan rings is 1. The first-order valence-electron chi connectivity index (χ1n) is 10.8. The average molecular weight is 418 g/mol. The highest BCUT2D eigenvalue weighted by Crippen LogP contribution is 2.31. The van der Waals surface area contributed by atoms with Crippen LogP contribution in [-0.2, 0) is 11.2 Å². The molecule has 0 radical (unpaired) electrons. The molecule has 31 heavy (non-hydrogen) atoms. The smallest absolute Gasteiger partial charge is 0.294 e. The molecule has 0 spiro atoms. The number of hydrogen-bond acceptors (Lipinski definition) is 4. The lowest BCUT2D eigenvalue weighted by Crippen LogP contribution is -2.46. The van der Waals surface area contributed by atoms with E-state index in [0.717, 1.165) is 37.7 Å². The van der Waals surface area contributed by atoms with Gasteiger partial charge in [0.25, 0.3) is 5.91 Å². The van der Waals surface area contributed by atoms with E-state index in [4.69, 9.17) is 4.42 Å². The average Bonchev–Trinajstić information content (AvgIpc) is 3.52. The number of aromatic nitrogens is 1. The minimum atomic E-state index is -0.839. The number of nitrogens with zero attached hydrogens (tertiary/aromatic N) is 2. The second-order valence-electron chi connectivity index (χ2n) is 7.85. The standard InChI is InChI=1S/C25H27N3O3/c1-2-18-9-11-21(12-10-18)28(25(30)22-8-5-17-31-22)23(19-13-15-26-16-14-19)24(29)27-20-6-3-4-7-20/h5,8-17,20,23H,2-4,6-7H2,1H3,(H,27,29)/t23-/m1/s1. The molecule has 1 fully saturated rings. The Balaban J connectivity index is 1.77. The van der Waals surface area contributed by atoms with Gasteiger partial charge in [-0.1, -0.05) is 31.9 Å². The molecule has 2 heterocycles. The Morgan fingerprint density at radius 3 is 2.42 bits per heavy atom. The van der Waals surface area contributed by atoms with Crippen LogP contribution in [0.3, 0.4) is 0 Å². The molecule has 160 valence electrons. The normalized spacial score (nSPS) is 14.9. The van der Waals surface area contributed by atoms with Crippen LogP contribution in [0.1, 0.15) is 60.3 Å². The molecule has 1 aliphatic rings. The highest BCUT2D eigenvalue weighted by atomic mass is 16.3. The SMILES string of the molecule is CCc1ccc(N(C(=O)c2ccco2)[C@@H](C(=O)NC2CCCC2)c2ccncc2)cc1. The third-order valence-electron chi connectivity index (χ3n) is 5.80. The molecular formula is C25H27N3O3. The molecule has 1 aromatic carbocycles. The predicted octanol–water partition coefficient (Wildman–Crippen LogP) is 4.68. The molecule has 2 amide bonds. The molecule has 1 atom stereocenters. The van der Waals surface area contributed by atoms with E-state index in [2.05, 4.69) is 17.2 Å². The molecule has 0 aliphatic heterocycles. The molecule has 6 heteroatoms. The first kappa shape index (κ1) is 20.8. The summed E-state index contributed by atoms with van der Waals surface area (Å²) in [7, 11) is 0. The van der Waals surface area contributed by atoms with Crippen molar-refractivity contribution in [2.45, 2.75) is 51.1 Å². The van der Waals surface area contributed by atoms with Gasteiger partial charge in [0.05, 0.1) is 6.26 Å². The summed E-state index contributed by atoms with van der Waals surface area (Å²) >= 11 is 0. The number of pyridine rings is 1. The van der Waals surface area contributed by atoms with Gasteiger partial charge in [-0.3, -0.25) is 19.5 Å². The minimum Gasteiger partial charge on any atom is -0.459 e. The zero-order valence-electron chi connectivity index (χ0n) is 17.7. The van der Waals surface area contributed by atoms with Crippen LogP contribution in [0.5, 0.6) is 0 Å². The van der Waals surface area contributed by atoms with E-state index in [1.165, 1.54) is 11.2 Å². The Hall–Kier alpha value is -3.41. The van der Waals surface area contributed by atoms with E-state index >= 15 is 0 Å². The number of rotatable bonds is 7. The van der Waals surface area contributed by atoms with E-state index < -0.39 is 6.04 Å². The highest BCUT2D eigenvalue weighted by Gasteiger charge is 2.35. The maximum Gasteiger partial charge on any atom is 0.294 e. The topological polar surface area (TPSA) is 75.4 Å². The van der Waals surface area contributed by atoms with E-state index in [-0.39, 0.29) is 23.6 Å². The second-order valence-corrected chi connectivity index (χ2v) is 7.85. The van der Waals surface area contributed by atoms with E-state index in [1.54, 1.807) is 36.7 Å². The summed E-state index contributed by atoms with van der Waals surface area (Å²) in [6.45, 7) is 2.08. The quantitative estimate of drug-likeness (QED) is 0.605. The van der Waals surface area contributed by atoms with Gasteiger partial charge in [-0.15, -0.1) is 0 Å². The molecule has 1 aliphatic carbocycles. The molecule has 1 N–H and O–H groups in total.